The number of carbonyl (C=O) groups is 1. The molecule has 4 nitrogen and oxygen atoms in total. The maximum absolute atomic E-state index is 10.4. The molecule has 1 rings (SSSR count). The Morgan fingerprint density at radius 2 is 2.40 bits per heavy atom. The molecule has 1 heterocycles. The van der Waals surface area contributed by atoms with E-state index in [2.05, 4.69) is 10.3 Å². The number of unbranched alkanes of at least 4 members (excludes halogenated alkanes) is 1. The number of carbonyl (C=O) groups excluding carboxylic acids is 1. The zero-order valence-corrected chi connectivity index (χ0v) is 9.77. The first kappa shape index (κ1) is 12.1. The Morgan fingerprint density at radius 1 is 1.60 bits per heavy atom. The minimum atomic E-state index is -0.217. The second-order valence-corrected chi connectivity index (χ2v) is 4.43. The molecular weight excluding hydrogens is 210 g/mol. The lowest BCUT2D eigenvalue weighted by Crippen LogP contribution is -2.16. The number of aryl methyl sites for hydroxylation is 1. The van der Waals surface area contributed by atoms with Gasteiger partial charge < -0.3 is 11.1 Å². The fourth-order valence-electron chi connectivity index (χ4n) is 1.23. The molecule has 5 heteroatoms. The zero-order valence-electron chi connectivity index (χ0n) is 8.95. The van der Waals surface area contributed by atoms with Crippen LogP contribution in [-0.2, 0) is 11.3 Å². The Bertz CT molecular complexity index is 311. The van der Waals surface area contributed by atoms with Crippen LogP contribution in [0.15, 0.2) is 5.38 Å². The second-order valence-electron chi connectivity index (χ2n) is 3.48. The molecule has 0 saturated heterocycles. The van der Waals surface area contributed by atoms with Gasteiger partial charge in [-0.2, -0.15) is 0 Å². The molecular formula is C10H17N3OS. The van der Waals surface area contributed by atoms with Crippen molar-refractivity contribution in [3.63, 3.8) is 0 Å². The standard InChI is InChI=1S/C10H17N3OS/c1-8-7-15-10(13-8)6-12-5-3-2-4-9(11)14/h7,12H,2-6H2,1H3,(H2,11,14). The molecule has 0 aliphatic rings. The van der Waals surface area contributed by atoms with Crippen molar-refractivity contribution < 1.29 is 4.79 Å². The van der Waals surface area contributed by atoms with Crippen LogP contribution in [0.3, 0.4) is 0 Å². The SMILES string of the molecule is Cc1csc(CNCCCCC(N)=O)n1. The number of aromatic nitrogens is 1. The Morgan fingerprint density at radius 3 is 3.00 bits per heavy atom. The van der Waals surface area contributed by atoms with Crippen LogP contribution in [0.25, 0.3) is 0 Å². The quantitative estimate of drug-likeness (QED) is 0.688. The molecule has 0 radical (unpaired) electrons. The summed E-state index contributed by atoms with van der Waals surface area (Å²) in [6, 6.07) is 0. The molecule has 0 aliphatic carbocycles. The molecule has 0 fully saturated rings. The molecule has 84 valence electrons. The smallest absolute Gasteiger partial charge is 0.217 e. The van der Waals surface area contributed by atoms with Gasteiger partial charge >= 0.3 is 0 Å². The van der Waals surface area contributed by atoms with Gasteiger partial charge in [0, 0.05) is 24.0 Å². The Hall–Kier alpha value is -0.940. The lowest BCUT2D eigenvalue weighted by Gasteiger charge is -2.01. The highest BCUT2D eigenvalue weighted by Crippen LogP contribution is 2.07. The van der Waals surface area contributed by atoms with Crippen molar-refractivity contribution in [3.05, 3.63) is 16.1 Å². The van der Waals surface area contributed by atoms with Crippen LogP contribution in [-0.4, -0.2) is 17.4 Å². The molecule has 1 aromatic rings. The van der Waals surface area contributed by atoms with E-state index in [4.69, 9.17) is 5.73 Å². The van der Waals surface area contributed by atoms with Crippen molar-refractivity contribution in [1.29, 1.82) is 0 Å². The third-order valence-electron chi connectivity index (χ3n) is 1.97. The Labute approximate surface area is 93.9 Å². The van der Waals surface area contributed by atoms with Crippen molar-refractivity contribution in [2.24, 2.45) is 5.73 Å². The monoisotopic (exact) mass is 227 g/mol. The molecule has 0 aromatic carbocycles. The topological polar surface area (TPSA) is 68.0 Å². The lowest BCUT2D eigenvalue weighted by atomic mass is 10.2. The number of nitrogens with two attached hydrogens (primary N) is 1. The first-order chi connectivity index (χ1) is 7.18. The van der Waals surface area contributed by atoms with Crippen LogP contribution in [0.1, 0.15) is 30.0 Å². The van der Waals surface area contributed by atoms with Gasteiger partial charge in [0.15, 0.2) is 0 Å². The zero-order chi connectivity index (χ0) is 11.1. The van der Waals surface area contributed by atoms with Gasteiger partial charge in [-0.05, 0) is 26.3 Å². The van der Waals surface area contributed by atoms with Crippen molar-refractivity contribution in [1.82, 2.24) is 10.3 Å². The van der Waals surface area contributed by atoms with Crippen molar-refractivity contribution >= 4 is 17.2 Å². The molecule has 0 aliphatic heterocycles. The van der Waals surface area contributed by atoms with Crippen molar-refractivity contribution in [2.75, 3.05) is 6.54 Å². The fraction of sp³-hybridized carbons (Fsp3) is 0.600. The molecule has 3 N–H and O–H groups in total. The summed E-state index contributed by atoms with van der Waals surface area (Å²) in [6.45, 7) is 3.72. The average molecular weight is 227 g/mol. The summed E-state index contributed by atoms with van der Waals surface area (Å²) < 4.78 is 0. The summed E-state index contributed by atoms with van der Waals surface area (Å²) >= 11 is 1.67. The fourth-order valence-corrected chi connectivity index (χ4v) is 1.97. The third kappa shape index (κ3) is 5.49. The molecule has 0 bridgehead atoms. The Balaban J connectivity index is 2.00. The van der Waals surface area contributed by atoms with Gasteiger partial charge in [-0.25, -0.2) is 4.98 Å². The minimum Gasteiger partial charge on any atom is -0.370 e. The summed E-state index contributed by atoms with van der Waals surface area (Å²) in [5.41, 5.74) is 6.11. The molecule has 0 saturated carbocycles. The normalized spacial score (nSPS) is 10.5. The molecule has 1 amide bonds. The van der Waals surface area contributed by atoms with Crippen molar-refractivity contribution in [2.45, 2.75) is 32.7 Å². The van der Waals surface area contributed by atoms with Crippen LogP contribution in [0, 0.1) is 6.92 Å². The summed E-state index contributed by atoms with van der Waals surface area (Å²) in [5, 5.41) is 6.44. The number of amides is 1. The van der Waals surface area contributed by atoms with Crippen LogP contribution in [0.4, 0.5) is 0 Å². The first-order valence-electron chi connectivity index (χ1n) is 5.08. The number of hydrogen-bond donors (Lipinski definition) is 2. The van der Waals surface area contributed by atoms with E-state index in [9.17, 15) is 4.79 Å². The molecule has 0 spiro atoms. The Kier molecular flexibility index (Phi) is 5.28. The molecule has 0 atom stereocenters. The van der Waals surface area contributed by atoms with E-state index in [1.165, 1.54) is 0 Å². The van der Waals surface area contributed by atoms with E-state index in [0.717, 1.165) is 36.6 Å². The van der Waals surface area contributed by atoms with Gasteiger partial charge in [0.25, 0.3) is 0 Å². The minimum absolute atomic E-state index is 0.217. The number of primary amides is 1. The number of rotatable bonds is 7. The summed E-state index contributed by atoms with van der Waals surface area (Å²) in [7, 11) is 0. The van der Waals surface area contributed by atoms with Gasteiger partial charge in [0.1, 0.15) is 5.01 Å². The highest BCUT2D eigenvalue weighted by atomic mass is 32.1. The van der Waals surface area contributed by atoms with E-state index >= 15 is 0 Å². The number of hydrogen-bond acceptors (Lipinski definition) is 4. The summed E-state index contributed by atoms with van der Waals surface area (Å²) in [6.07, 6.45) is 2.32. The maximum Gasteiger partial charge on any atom is 0.217 e. The number of nitrogens with one attached hydrogen (secondary N) is 1. The predicted molar refractivity (Wildman–Crippen MR) is 61.6 cm³/mol. The van der Waals surface area contributed by atoms with Gasteiger partial charge in [0.2, 0.25) is 5.91 Å². The third-order valence-corrected chi connectivity index (χ3v) is 2.94. The molecule has 0 unspecified atom stereocenters. The van der Waals surface area contributed by atoms with Gasteiger partial charge in [-0.15, -0.1) is 11.3 Å². The van der Waals surface area contributed by atoms with Crippen LogP contribution in [0.2, 0.25) is 0 Å². The molecule has 15 heavy (non-hydrogen) atoms. The van der Waals surface area contributed by atoms with Crippen molar-refractivity contribution in [3.8, 4) is 0 Å². The lowest BCUT2D eigenvalue weighted by molar-refractivity contribution is -0.118. The van der Waals surface area contributed by atoms with Crippen LogP contribution >= 0.6 is 11.3 Å². The predicted octanol–water partition coefficient (Wildman–Crippen LogP) is 1.20. The van der Waals surface area contributed by atoms with E-state index in [-0.39, 0.29) is 5.91 Å². The van der Waals surface area contributed by atoms with Gasteiger partial charge in [-0.1, -0.05) is 0 Å². The summed E-state index contributed by atoms with van der Waals surface area (Å²) in [5.74, 6) is -0.217. The highest BCUT2D eigenvalue weighted by Gasteiger charge is 1.98. The maximum atomic E-state index is 10.4. The van der Waals surface area contributed by atoms with Crippen LogP contribution in [0.5, 0.6) is 0 Å². The molecule has 1 aromatic heterocycles. The van der Waals surface area contributed by atoms with E-state index in [0.29, 0.717) is 6.42 Å². The average Bonchev–Trinajstić information content (AvgIpc) is 2.57. The van der Waals surface area contributed by atoms with Crippen LogP contribution < -0.4 is 11.1 Å². The van der Waals surface area contributed by atoms with E-state index in [1.807, 2.05) is 12.3 Å². The largest absolute Gasteiger partial charge is 0.370 e. The van der Waals surface area contributed by atoms with E-state index in [1.54, 1.807) is 11.3 Å². The van der Waals surface area contributed by atoms with Gasteiger partial charge in [0.05, 0.1) is 0 Å². The highest BCUT2D eigenvalue weighted by molar-refractivity contribution is 7.09. The first-order valence-corrected chi connectivity index (χ1v) is 5.96. The summed E-state index contributed by atoms with van der Waals surface area (Å²) in [4.78, 5) is 14.8. The number of thiazole rings is 1. The second kappa shape index (κ2) is 6.53. The number of nitrogens with zero attached hydrogens (tertiary/aromatic N) is 1. The van der Waals surface area contributed by atoms with E-state index < -0.39 is 0 Å². The van der Waals surface area contributed by atoms with Gasteiger partial charge in [-0.3, -0.25) is 4.79 Å².